The fourth-order valence-corrected chi connectivity index (χ4v) is 2.81. The van der Waals surface area contributed by atoms with Crippen LogP contribution in [0, 0.1) is 17.2 Å². The Balaban J connectivity index is 2.70. The van der Waals surface area contributed by atoms with Gasteiger partial charge in [0, 0.05) is 6.54 Å². The number of nitrogens with zero attached hydrogens (tertiary/aromatic N) is 1. The summed E-state index contributed by atoms with van der Waals surface area (Å²) in [7, 11) is -3.62. The van der Waals surface area contributed by atoms with Gasteiger partial charge in [-0.1, -0.05) is 19.1 Å². The molecule has 1 aromatic rings. The lowest BCUT2D eigenvalue weighted by Crippen LogP contribution is -2.33. The summed E-state index contributed by atoms with van der Waals surface area (Å²) in [6.45, 7) is 1.55. The number of benzene rings is 1. The van der Waals surface area contributed by atoms with Crippen LogP contribution in [0.25, 0.3) is 0 Å². The van der Waals surface area contributed by atoms with E-state index in [9.17, 15) is 13.2 Å². The first-order valence-electron chi connectivity index (χ1n) is 6.07. The molecule has 1 aromatic carbocycles. The standard InChI is InChI=1S/C13H16N2O4S/c1-2-12(13(16)17)8-15-20(18,19)9-11-5-3-4-10(6-11)7-14/h3-6,12,15H,2,8-9H2,1H3,(H,16,17). The van der Waals surface area contributed by atoms with E-state index in [2.05, 4.69) is 4.72 Å². The Bertz CT molecular complexity index is 620. The molecule has 6 nitrogen and oxygen atoms in total. The summed E-state index contributed by atoms with van der Waals surface area (Å²) in [4.78, 5) is 10.8. The van der Waals surface area contributed by atoms with Crippen molar-refractivity contribution in [3.63, 3.8) is 0 Å². The quantitative estimate of drug-likeness (QED) is 0.783. The van der Waals surface area contributed by atoms with Crippen LogP contribution in [0.5, 0.6) is 0 Å². The van der Waals surface area contributed by atoms with Gasteiger partial charge in [0.05, 0.1) is 23.3 Å². The fourth-order valence-electron chi connectivity index (χ4n) is 1.63. The maximum Gasteiger partial charge on any atom is 0.307 e. The Morgan fingerprint density at radius 1 is 1.50 bits per heavy atom. The molecule has 0 bridgehead atoms. The number of carboxylic acids is 1. The number of hydrogen-bond acceptors (Lipinski definition) is 4. The predicted molar refractivity (Wildman–Crippen MR) is 73.2 cm³/mol. The first kappa shape index (κ1) is 16.1. The van der Waals surface area contributed by atoms with E-state index in [0.29, 0.717) is 17.5 Å². The van der Waals surface area contributed by atoms with Crippen molar-refractivity contribution in [3.8, 4) is 6.07 Å². The van der Waals surface area contributed by atoms with E-state index in [1.165, 1.54) is 6.07 Å². The molecule has 0 aliphatic rings. The molecule has 7 heteroatoms. The van der Waals surface area contributed by atoms with E-state index in [0.717, 1.165) is 0 Å². The second kappa shape index (κ2) is 7.03. The fraction of sp³-hybridized carbons (Fsp3) is 0.385. The van der Waals surface area contributed by atoms with Gasteiger partial charge in [0.2, 0.25) is 10.0 Å². The number of rotatable bonds is 7. The molecule has 108 valence electrons. The topological polar surface area (TPSA) is 107 Å². The zero-order valence-corrected chi connectivity index (χ0v) is 11.9. The molecular weight excluding hydrogens is 280 g/mol. The van der Waals surface area contributed by atoms with Gasteiger partial charge in [-0.25, -0.2) is 13.1 Å². The minimum atomic E-state index is -3.62. The first-order valence-corrected chi connectivity index (χ1v) is 7.72. The highest BCUT2D eigenvalue weighted by Crippen LogP contribution is 2.09. The number of sulfonamides is 1. The van der Waals surface area contributed by atoms with Gasteiger partial charge in [-0.05, 0) is 24.1 Å². The van der Waals surface area contributed by atoms with Crippen LogP contribution < -0.4 is 4.72 Å². The van der Waals surface area contributed by atoms with Crippen molar-refractivity contribution in [2.24, 2.45) is 5.92 Å². The molecule has 1 rings (SSSR count). The normalized spacial score (nSPS) is 12.6. The molecule has 1 atom stereocenters. The van der Waals surface area contributed by atoms with E-state index in [1.54, 1.807) is 25.1 Å². The third-order valence-corrected chi connectivity index (χ3v) is 4.12. The SMILES string of the molecule is CCC(CNS(=O)(=O)Cc1cccc(C#N)c1)C(=O)O. The molecule has 20 heavy (non-hydrogen) atoms. The summed E-state index contributed by atoms with van der Waals surface area (Å²) >= 11 is 0. The summed E-state index contributed by atoms with van der Waals surface area (Å²) in [6, 6.07) is 8.23. The molecule has 0 aromatic heterocycles. The lowest BCUT2D eigenvalue weighted by atomic mass is 10.1. The van der Waals surface area contributed by atoms with Crippen molar-refractivity contribution in [1.29, 1.82) is 5.26 Å². The Kier molecular flexibility index (Phi) is 5.67. The summed E-state index contributed by atoms with van der Waals surface area (Å²) in [5.41, 5.74) is 0.870. The molecule has 1 unspecified atom stereocenters. The van der Waals surface area contributed by atoms with E-state index in [1.807, 2.05) is 6.07 Å². The average molecular weight is 296 g/mol. The van der Waals surface area contributed by atoms with Crippen LogP contribution in [-0.2, 0) is 20.6 Å². The Labute approximate surface area is 118 Å². The van der Waals surface area contributed by atoms with Gasteiger partial charge in [-0.3, -0.25) is 4.79 Å². The molecular formula is C13H16N2O4S. The number of aliphatic carboxylic acids is 1. The van der Waals surface area contributed by atoms with Gasteiger partial charge in [0.25, 0.3) is 0 Å². The van der Waals surface area contributed by atoms with Crippen LogP contribution in [0.1, 0.15) is 24.5 Å². The number of hydrogen-bond donors (Lipinski definition) is 2. The first-order chi connectivity index (χ1) is 9.38. The molecule has 0 radical (unpaired) electrons. The molecule has 0 saturated heterocycles. The van der Waals surface area contributed by atoms with Crippen LogP contribution >= 0.6 is 0 Å². The molecule has 2 N–H and O–H groups in total. The van der Waals surface area contributed by atoms with Crippen molar-refractivity contribution in [3.05, 3.63) is 35.4 Å². The zero-order chi connectivity index (χ0) is 15.2. The number of nitriles is 1. The lowest BCUT2D eigenvalue weighted by Gasteiger charge is -2.11. The number of nitrogens with one attached hydrogen (secondary N) is 1. The van der Waals surface area contributed by atoms with E-state index < -0.39 is 21.9 Å². The van der Waals surface area contributed by atoms with Crippen LogP contribution in [0.2, 0.25) is 0 Å². The van der Waals surface area contributed by atoms with E-state index in [4.69, 9.17) is 10.4 Å². The van der Waals surface area contributed by atoms with Gasteiger partial charge in [0.1, 0.15) is 0 Å². The van der Waals surface area contributed by atoms with Crippen molar-refractivity contribution >= 4 is 16.0 Å². The lowest BCUT2D eigenvalue weighted by molar-refractivity contribution is -0.141. The van der Waals surface area contributed by atoms with Gasteiger partial charge in [0.15, 0.2) is 0 Å². The van der Waals surface area contributed by atoms with Crippen molar-refractivity contribution in [1.82, 2.24) is 4.72 Å². The third kappa shape index (κ3) is 4.99. The van der Waals surface area contributed by atoms with Crippen LogP contribution in [0.4, 0.5) is 0 Å². The minimum Gasteiger partial charge on any atom is -0.481 e. The molecule has 0 saturated carbocycles. The minimum absolute atomic E-state index is 0.133. The maximum absolute atomic E-state index is 11.9. The summed E-state index contributed by atoms with van der Waals surface area (Å²) in [6.07, 6.45) is 0.349. The largest absolute Gasteiger partial charge is 0.481 e. The Morgan fingerprint density at radius 2 is 2.20 bits per heavy atom. The van der Waals surface area contributed by atoms with Crippen molar-refractivity contribution in [2.45, 2.75) is 19.1 Å². The second-order valence-electron chi connectivity index (χ2n) is 4.36. The van der Waals surface area contributed by atoms with Crippen LogP contribution in [-0.4, -0.2) is 26.0 Å². The monoisotopic (exact) mass is 296 g/mol. The molecule has 0 aliphatic heterocycles. The maximum atomic E-state index is 11.9. The number of carboxylic acid groups (broad SMARTS) is 1. The highest BCUT2D eigenvalue weighted by molar-refractivity contribution is 7.88. The van der Waals surface area contributed by atoms with Crippen molar-refractivity contribution in [2.75, 3.05) is 6.54 Å². The molecule has 0 heterocycles. The highest BCUT2D eigenvalue weighted by atomic mass is 32.2. The predicted octanol–water partition coefficient (Wildman–Crippen LogP) is 1.09. The van der Waals surface area contributed by atoms with Crippen LogP contribution in [0.15, 0.2) is 24.3 Å². The smallest absolute Gasteiger partial charge is 0.307 e. The van der Waals surface area contributed by atoms with Gasteiger partial charge in [-0.2, -0.15) is 5.26 Å². The van der Waals surface area contributed by atoms with Gasteiger partial charge >= 0.3 is 5.97 Å². The zero-order valence-electron chi connectivity index (χ0n) is 11.0. The van der Waals surface area contributed by atoms with E-state index in [-0.39, 0.29) is 12.3 Å². The molecule has 0 spiro atoms. The third-order valence-electron chi connectivity index (χ3n) is 2.80. The Morgan fingerprint density at radius 3 is 2.75 bits per heavy atom. The van der Waals surface area contributed by atoms with Gasteiger partial charge < -0.3 is 5.11 Å². The highest BCUT2D eigenvalue weighted by Gasteiger charge is 2.19. The van der Waals surface area contributed by atoms with Gasteiger partial charge in [-0.15, -0.1) is 0 Å². The van der Waals surface area contributed by atoms with E-state index >= 15 is 0 Å². The second-order valence-corrected chi connectivity index (χ2v) is 6.17. The summed E-state index contributed by atoms with van der Waals surface area (Å²) < 4.78 is 26.0. The molecule has 0 aliphatic carbocycles. The summed E-state index contributed by atoms with van der Waals surface area (Å²) in [5.74, 6) is -2.05. The van der Waals surface area contributed by atoms with Crippen LogP contribution in [0.3, 0.4) is 0 Å². The Hall–Kier alpha value is -1.91. The number of carbonyl (C=O) groups is 1. The average Bonchev–Trinajstić information content (AvgIpc) is 2.38. The molecule has 0 fully saturated rings. The molecule has 0 amide bonds. The van der Waals surface area contributed by atoms with Crippen molar-refractivity contribution < 1.29 is 18.3 Å². The summed E-state index contributed by atoms with van der Waals surface area (Å²) in [5, 5.41) is 17.6.